The molecule has 0 aliphatic rings. The van der Waals surface area contributed by atoms with E-state index in [9.17, 15) is 31.1 Å². The fourth-order valence-corrected chi connectivity index (χ4v) is 4.53. The van der Waals surface area contributed by atoms with Crippen molar-refractivity contribution in [2.45, 2.75) is 42.0 Å². The Morgan fingerprint density at radius 2 is 1.70 bits per heavy atom. The molecule has 0 radical (unpaired) electrons. The average molecular weight is 505 g/mol. The molecule has 0 unspecified atom stereocenters. The lowest BCUT2D eigenvalue weighted by atomic mass is 10.0. The average Bonchev–Trinajstić information content (AvgIpc) is 2.71. The first-order valence-electron chi connectivity index (χ1n) is 9.66. The van der Waals surface area contributed by atoms with Crippen LogP contribution in [-0.2, 0) is 12.7 Å². The van der Waals surface area contributed by atoms with Crippen LogP contribution in [0.2, 0.25) is 0 Å². The van der Waals surface area contributed by atoms with E-state index in [1.807, 2.05) is 6.92 Å². The molecule has 3 aromatic rings. The van der Waals surface area contributed by atoms with E-state index in [1.54, 1.807) is 6.92 Å². The van der Waals surface area contributed by atoms with Crippen LogP contribution in [0.3, 0.4) is 0 Å². The molecule has 3 nitrogen and oxygen atoms in total. The molecule has 0 saturated heterocycles. The molecule has 0 spiro atoms. The number of aryl methyl sites for hydroxylation is 1. The lowest BCUT2D eigenvalue weighted by molar-refractivity contribution is -0.137. The summed E-state index contributed by atoms with van der Waals surface area (Å²) in [5.41, 5.74) is -3.70. The first-order chi connectivity index (χ1) is 15.4. The van der Waals surface area contributed by atoms with Gasteiger partial charge >= 0.3 is 11.7 Å². The van der Waals surface area contributed by atoms with Gasteiger partial charge in [0.05, 0.1) is 16.6 Å². The zero-order valence-electron chi connectivity index (χ0n) is 17.4. The number of thioether (sulfide) groups is 2. The Balaban J connectivity index is 1.86. The standard InChI is InChI=1S/C22H18F6N2OS2/c1-3-32-20-18(12(2)16-9-6-14(21(23,24)25)10-17(16)30-20)19(31)29-11-13-4-7-15(8-5-13)33-22(26,27)28/h4-10H,3,11H2,1-2H3,(H,29,31). The van der Waals surface area contributed by atoms with E-state index in [0.717, 1.165) is 12.1 Å². The first-order valence-corrected chi connectivity index (χ1v) is 11.5. The Labute approximate surface area is 194 Å². The second-order valence-electron chi connectivity index (χ2n) is 6.95. The number of rotatable bonds is 6. The van der Waals surface area contributed by atoms with Crippen LogP contribution in [-0.4, -0.2) is 22.2 Å². The monoisotopic (exact) mass is 504 g/mol. The largest absolute Gasteiger partial charge is 0.446 e. The summed E-state index contributed by atoms with van der Waals surface area (Å²) in [7, 11) is 0. The summed E-state index contributed by atoms with van der Waals surface area (Å²) in [6.07, 6.45) is -4.51. The third-order valence-corrected chi connectivity index (χ3v) is 6.25. The molecular weight excluding hydrogens is 486 g/mol. The summed E-state index contributed by atoms with van der Waals surface area (Å²) in [4.78, 5) is 17.3. The maximum Gasteiger partial charge on any atom is 0.446 e. The maximum absolute atomic E-state index is 13.1. The Morgan fingerprint density at radius 1 is 1.03 bits per heavy atom. The first kappa shape index (κ1) is 25.2. The van der Waals surface area contributed by atoms with Crippen molar-refractivity contribution in [1.82, 2.24) is 10.3 Å². The van der Waals surface area contributed by atoms with Crippen LogP contribution in [0.5, 0.6) is 0 Å². The summed E-state index contributed by atoms with van der Waals surface area (Å²) < 4.78 is 76.6. The predicted octanol–water partition coefficient (Wildman–Crippen LogP) is 7.22. The Morgan fingerprint density at radius 3 is 2.27 bits per heavy atom. The van der Waals surface area contributed by atoms with Gasteiger partial charge in [0, 0.05) is 16.8 Å². The van der Waals surface area contributed by atoms with Crippen molar-refractivity contribution >= 4 is 40.3 Å². The minimum absolute atomic E-state index is 0.0343. The minimum Gasteiger partial charge on any atom is -0.348 e. The summed E-state index contributed by atoms with van der Waals surface area (Å²) in [6, 6.07) is 8.82. The zero-order chi connectivity index (χ0) is 24.4. The van der Waals surface area contributed by atoms with Gasteiger partial charge in [0.15, 0.2) is 0 Å². The minimum atomic E-state index is -4.51. The Kier molecular flexibility index (Phi) is 7.52. The number of nitrogens with one attached hydrogen (secondary N) is 1. The van der Waals surface area contributed by atoms with Gasteiger partial charge in [-0.25, -0.2) is 4.98 Å². The maximum atomic E-state index is 13.1. The van der Waals surface area contributed by atoms with Crippen LogP contribution in [0.1, 0.15) is 34.0 Å². The van der Waals surface area contributed by atoms with Crippen LogP contribution in [0.4, 0.5) is 26.3 Å². The van der Waals surface area contributed by atoms with Gasteiger partial charge in [-0.05, 0) is 59.8 Å². The van der Waals surface area contributed by atoms with E-state index in [2.05, 4.69) is 10.3 Å². The molecular formula is C22H18F6N2OS2. The van der Waals surface area contributed by atoms with Crippen molar-refractivity contribution in [2.24, 2.45) is 0 Å². The van der Waals surface area contributed by atoms with Crippen molar-refractivity contribution < 1.29 is 31.1 Å². The highest BCUT2D eigenvalue weighted by molar-refractivity contribution is 8.00. The third kappa shape index (κ3) is 6.35. The highest BCUT2D eigenvalue weighted by Gasteiger charge is 2.31. The predicted molar refractivity (Wildman–Crippen MR) is 117 cm³/mol. The number of amides is 1. The lowest BCUT2D eigenvalue weighted by Crippen LogP contribution is -2.25. The quantitative estimate of drug-likeness (QED) is 0.284. The molecule has 176 valence electrons. The van der Waals surface area contributed by atoms with Gasteiger partial charge in [-0.1, -0.05) is 25.1 Å². The molecule has 1 N–H and O–H groups in total. The summed E-state index contributed by atoms with van der Waals surface area (Å²) in [5.74, 6) is 0.0849. The molecule has 3 rings (SSSR count). The van der Waals surface area contributed by atoms with Crippen LogP contribution < -0.4 is 5.32 Å². The number of alkyl halides is 6. The molecule has 0 fully saturated rings. The van der Waals surface area contributed by atoms with Gasteiger partial charge in [-0.3, -0.25) is 4.79 Å². The SMILES string of the molecule is CCSc1nc2cc(C(F)(F)F)ccc2c(C)c1C(=O)NCc1ccc(SC(F)(F)F)cc1. The van der Waals surface area contributed by atoms with Crippen LogP contribution in [0, 0.1) is 6.92 Å². The van der Waals surface area contributed by atoms with Crippen molar-refractivity contribution in [3.63, 3.8) is 0 Å². The van der Waals surface area contributed by atoms with E-state index in [-0.39, 0.29) is 34.3 Å². The molecule has 2 aromatic carbocycles. The van der Waals surface area contributed by atoms with E-state index in [4.69, 9.17) is 0 Å². The number of halogens is 6. The highest BCUT2D eigenvalue weighted by Crippen LogP contribution is 2.37. The number of nitrogens with zero attached hydrogens (tertiary/aromatic N) is 1. The molecule has 0 aliphatic heterocycles. The molecule has 1 aromatic heterocycles. The molecule has 0 saturated carbocycles. The third-order valence-electron chi connectivity index (χ3n) is 4.66. The number of benzene rings is 2. The zero-order valence-corrected chi connectivity index (χ0v) is 19.0. The van der Waals surface area contributed by atoms with E-state index in [1.165, 1.54) is 42.1 Å². The van der Waals surface area contributed by atoms with E-state index >= 15 is 0 Å². The fourth-order valence-electron chi connectivity index (χ4n) is 3.17. The number of hydrogen-bond donors (Lipinski definition) is 1. The molecule has 0 bridgehead atoms. The molecule has 1 heterocycles. The van der Waals surface area contributed by atoms with Gasteiger partial charge in [0.2, 0.25) is 0 Å². The Bertz CT molecular complexity index is 1160. The van der Waals surface area contributed by atoms with Crippen LogP contribution >= 0.6 is 23.5 Å². The number of hydrogen-bond acceptors (Lipinski definition) is 4. The molecule has 0 atom stereocenters. The van der Waals surface area contributed by atoms with Gasteiger partial charge in [0.25, 0.3) is 5.91 Å². The second kappa shape index (κ2) is 9.84. The summed E-state index contributed by atoms with van der Waals surface area (Å²) in [5, 5.41) is 3.47. The summed E-state index contributed by atoms with van der Waals surface area (Å²) in [6.45, 7) is 3.55. The van der Waals surface area contributed by atoms with Crippen molar-refractivity contribution in [2.75, 3.05) is 5.75 Å². The number of fused-ring (bicyclic) bond motifs is 1. The smallest absolute Gasteiger partial charge is 0.348 e. The van der Waals surface area contributed by atoms with Gasteiger partial charge in [-0.2, -0.15) is 26.3 Å². The van der Waals surface area contributed by atoms with Crippen LogP contribution in [0.15, 0.2) is 52.4 Å². The second-order valence-corrected chi connectivity index (χ2v) is 9.35. The molecule has 1 amide bonds. The van der Waals surface area contributed by atoms with Gasteiger partial charge < -0.3 is 5.32 Å². The van der Waals surface area contributed by atoms with Gasteiger partial charge in [0.1, 0.15) is 5.03 Å². The van der Waals surface area contributed by atoms with E-state index in [0.29, 0.717) is 27.3 Å². The van der Waals surface area contributed by atoms with E-state index < -0.39 is 23.2 Å². The molecule has 11 heteroatoms. The van der Waals surface area contributed by atoms with Crippen molar-refractivity contribution in [1.29, 1.82) is 0 Å². The lowest BCUT2D eigenvalue weighted by Gasteiger charge is -2.15. The normalized spacial score (nSPS) is 12.2. The van der Waals surface area contributed by atoms with Gasteiger partial charge in [-0.15, -0.1) is 11.8 Å². The number of aromatic nitrogens is 1. The number of carbonyl (C=O) groups excluding carboxylic acids is 1. The molecule has 0 aliphatic carbocycles. The van der Waals surface area contributed by atoms with Crippen molar-refractivity contribution in [3.05, 3.63) is 64.7 Å². The number of carbonyl (C=O) groups is 1. The fraction of sp³-hybridized carbons (Fsp3) is 0.273. The topological polar surface area (TPSA) is 42.0 Å². The number of pyridine rings is 1. The van der Waals surface area contributed by atoms with Crippen molar-refractivity contribution in [3.8, 4) is 0 Å². The van der Waals surface area contributed by atoms with Crippen LogP contribution in [0.25, 0.3) is 10.9 Å². The Hall–Kier alpha value is -2.40. The summed E-state index contributed by atoms with van der Waals surface area (Å²) >= 11 is 1.01. The highest BCUT2D eigenvalue weighted by atomic mass is 32.2. The molecule has 33 heavy (non-hydrogen) atoms.